The van der Waals surface area contributed by atoms with Crippen LogP contribution in [0.3, 0.4) is 0 Å². The fraction of sp³-hybridized carbons (Fsp3) is 0.400. The number of allylic oxidation sites excluding steroid dienone is 5. The molecule has 192 valence electrons. The summed E-state index contributed by atoms with van der Waals surface area (Å²) in [5.74, 6) is 0.420. The summed E-state index contributed by atoms with van der Waals surface area (Å²) in [7, 11) is 0. The molecule has 4 N–H and O–H groups in total. The van der Waals surface area contributed by atoms with Crippen LogP contribution in [-0.4, -0.2) is 51.5 Å². The van der Waals surface area contributed by atoms with Crippen molar-refractivity contribution in [1.29, 1.82) is 5.41 Å². The van der Waals surface area contributed by atoms with Gasteiger partial charge in [0.25, 0.3) is 0 Å². The predicted molar refractivity (Wildman–Crippen MR) is 152 cm³/mol. The second-order valence-corrected chi connectivity index (χ2v) is 10.5. The van der Waals surface area contributed by atoms with Gasteiger partial charge in [0.15, 0.2) is 0 Å². The van der Waals surface area contributed by atoms with Gasteiger partial charge in [-0.05, 0) is 88.6 Å². The first-order chi connectivity index (χ1) is 17.2. The summed E-state index contributed by atoms with van der Waals surface area (Å²) in [5.41, 5.74) is 10.1. The summed E-state index contributed by atoms with van der Waals surface area (Å²) in [6.45, 7) is 11.5. The molecular formula is C30H42N6. The van der Waals surface area contributed by atoms with E-state index in [1.54, 1.807) is 17.1 Å². The minimum absolute atomic E-state index is 0.106. The molecule has 1 aromatic carbocycles. The second-order valence-electron chi connectivity index (χ2n) is 10.5. The number of aryl methyl sites for hydroxylation is 1. The molecule has 0 aliphatic carbocycles. The molecule has 6 heteroatoms. The van der Waals surface area contributed by atoms with Crippen LogP contribution in [0, 0.1) is 12.3 Å². The van der Waals surface area contributed by atoms with E-state index < -0.39 is 0 Å². The first-order valence-electron chi connectivity index (χ1n) is 12.8. The lowest BCUT2D eigenvalue weighted by Gasteiger charge is -2.37. The minimum atomic E-state index is 0.106. The van der Waals surface area contributed by atoms with Crippen molar-refractivity contribution in [1.82, 2.24) is 19.8 Å². The lowest BCUT2D eigenvalue weighted by Crippen LogP contribution is -2.52. The first-order valence-corrected chi connectivity index (χ1v) is 12.8. The van der Waals surface area contributed by atoms with E-state index in [-0.39, 0.29) is 5.54 Å². The number of rotatable bonds is 9. The average Bonchev–Trinajstić information content (AvgIpc) is 3.27. The van der Waals surface area contributed by atoms with Crippen LogP contribution in [0.15, 0.2) is 85.0 Å². The standard InChI is InChI=1S/C30H42N6/c1-24-20-36(23-33-24)29(32)19-25(21-35-18-10-15-28(22-35)34-30(2,3)4)11-8-9-14-27(16-17-31)26-12-6-5-7-13-26/h5-8,11-14,16-17,19-20,23,28,32,34H,9-10,15,18,21-22,31H2,1-4H3/b11-8+,17-16-,25-19+,27-14+,32-29?. The first kappa shape index (κ1) is 27.4. The SMILES string of the molecule is Cc1cn(C(=N)/C=C(\C=C\C/C=C(\C=C/N)c2ccccc2)CN2CCCC(NC(C)(C)C)C2)cn1. The average molecular weight is 487 g/mol. The van der Waals surface area contributed by atoms with Crippen LogP contribution >= 0.6 is 0 Å². The molecule has 1 aromatic heterocycles. The summed E-state index contributed by atoms with van der Waals surface area (Å²) in [6.07, 6.45) is 18.7. The molecule has 1 saturated heterocycles. The number of aromatic nitrogens is 2. The number of nitrogens with zero attached hydrogens (tertiary/aromatic N) is 3. The van der Waals surface area contributed by atoms with Gasteiger partial charge in [-0.1, -0.05) is 48.6 Å². The third kappa shape index (κ3) is 9.10. The normalized spacial score (nSPS) is 18.4. The molecule has 1 unspecified atom stereocenters. The zero-order valence-corrected chi connectivity index (χ0v) is 22.2. The number of likely N-dealkylation sites (tertiary alicyclic amines) is 1. The van der Waals surface area contributed by atoms with Gasteiger partial charge in [-0.2, -0.15) is 0 Å². The smallest absolute Gasteiger partial charge is 0.130 e. The van der Waals surface area contributed by atoms with E-state index in [0.29, 0.717) is 11.9 Å². The Morgan fingerprint density at radius 3 is 2.67 bits per heavy atom. The maximum atomic E-state index is 8.61. The highest BCUT2D eigenvalue weighted by atomic mass is 15.2. The lowest BCUT2D eigenvalue weighted by molar-refractivity contribution is 0.184. The van der Waals surface area contributed by atoms with E-state index in [9.17, 15) is 0 Å². The van der Waals surface area contributed by atoms with Gasteiger partial charge >= 0.3 is 0 Å². The number of piperidine rings is 1. The summed E-state index contributed by atoms with van der Waals surface area (Å²) in [6, 6.07) is 10.8. The van der Waals surface area contributed by atoms with Crippen LogP contribution in [0.2, 0.25) is 0 Å². The highest BCUT2D eigenvalue weighted by Gasteiger charge is 2.23. The largest absolute Gasteiger partial charge is 0.405 e. The molecule has 1 fully saturated rings. The summed E-state index contributed by atoms with van der Waals surface area (Å²) < 4.78 is 1.77. The molecule has 6 nitrogen and oxygen atoms in total. The van der Waals surface area contributed by atoms with Gasteiger partial charge in [-0.25, -0.2) is 4.98 Å². The zero-order valence-electron chi connectivity index (χ0n) is 22.2. The van der Waals surface area contributed by atoms with Gasteiger partial charge in [-0.3, -0.25) is 14.9 Å². The minimum Gasteiger partial charge on any atom is -0.405 e. The molecule has 1 aliphatic heterocycles. The van der Waals surface area contributed by atoms with Crippen LogP contribution in [-0.2, 0) is 0 Å². The van der Waals surface area contributed by atoms with Crippen LogP contribution in [0.25, 0.3) is 5.57 Å². The number of hydrogen-bond acceptors (Lipinski definition) is 5. The Hall–Kier alpha value is -3.22. The Labute approximate surface area is 216 Å². The number of nitrogens with two attached hydrogens (primary N) is 1. The third-order valence-electron chi connectivity index (χ3n) is 6.05. The van der Waals surface area contributed by atoms with Gasteiger partial charge < -0.3 is 11.1 Å². The Balaban J connectivity index is 1.75. The van der Waals surface area contributed by atoms with Gasteiger partial charge in [0.2, 0.25) is 0 Å². The predicted octanol–water partition coefficient (Wildman–Crippen LogP) is 5.30. The molecule has 0 bridgehead atoms. The maximum Gasteiger partial charge on any atom is 0.130 e. The second kappa shape index (κ2) is 13.2. The Kier molecular flexibility index (Phi) is 10.0. The van der Waals surface area contributed by atoms with E-state index in [1.807, 2.05) is 43.5 Å². The van der Waals surface area contributed by atoms with E-state index >= 15 is 0 Å². The van der Waals surface area contributed by atoms with Crippen molar-refractivity contribution in [3.05, 3.63) is 96.3 Å². The molecule has 0 spiro atoms. The van der Waals surface area contributed by atoms with Crippen molar-refractivity contribution in [2.75, 3.05) is 19.6 Å². The van der Waals surface area contributed by atoms with Gasteiger partial charge in [0, 0.05) is 30.9 Å². The number of nitrogens with one attached hydrogen (secondary N) is 2. The van der Waals surface area contributed by atoms with Crippen molar-refractivity contribution in [2.24, 2.45) is 5.73 Å². The number of hydrogen-bond donors (Lipinski definition) is 3. The maximum absolute atomic E-state index is 8.61. The van der Waals surface area contributed by atoms with E-state index in [2.05, 4.69) is 66.3 Å². The van der Waals surface area contributed by atoms with Crippen molar-refractivity contribution in [3.8, 4) is 0 Å². The van der Waals surface area contributed by atoms with E-state index in [4.69, 9.17) is 11.1 Å². The molecule has 3 rings (SSSR count). The zero-order chi connectivity index (χ0) is 26.0. The molecule has 36 heavy (non-hydrogen) atoms. The van der Waals surface area contributed by atoms with E-state index in [0.717, 1.165) is 48.5 Å². The summed E-state index contributed by atoms with van der Waals surface area (Å²) in [5, 5.41) is 12.4. The topological polar surface area (TPSA) is 83.0 Å². The van der Waals surface area contributed by atoms with Crippen LogP contribution < -0.4 is 11.1 Å². The molecule has 2 aromatic rings. The highest BCUT2D eigenvalue weighted by molar-refractivity contribution is 5.93. The number of imidazole rings is 1. The third-order valence-corrected chi connectivity index (χ3v) is 6.05. The molecule has 1 aliphatic rings. The Morgan fingerprint density at radius 2 is 2.00 bits per heavy atom. The van der Waals surface area contributed by atoms with Crippen LogP contribution in [0.1, 0.15) is 51.3 Å². The van der Waals surface area contributed by atoms with Crippen molar-refractivity contribution in [2.45, 2.75) is 58.5 Å². The number of benzene rings is 1. The molecule has 1 atom stereocenters. The Morgan fingerprint density at radius 1 is 1.22 bits per heavy atom. The molecule has 0 radical (unpaired) electrons. The molecule has 2 heterocycles. The summed E-state index contributed by atoms with van der Waals surface area (Å²) in [4.78, 5) is 6.78. The monoisotopic (exact) mass is 486 g/mol. The summed E-state index contributed by atoms with van der Waals surface area (Å²) >= 11 is 0. The highest BCUT2D eigenvalue weighted by Crippen LogP contribution is 2.18. The van der Waals surface area contributed by atoms with E-state index in [1.165, 1.54) is 12.8 Å². The van der Waals surface area contributed by atoms with Crippen LogP contribution in [0.4, 0.5) is 0 Å². The lowest BCUT2D eigenvalue weighted by atomic mass is 10.00. The van der Waals surface area contributed by atoms with Gasteiger partial charge in [0.05, 0.1) is 5.69 Å². The van der Waals surface area contributed by atoms with Crippen molar-refractivity contribution >= 4 is 11.4 Å². The Bertz CT molecular complexity index is 1100. The van der Waals surface area contributed by atoms with Crippen LogP contribution in [0.5, 0.6) is 0 Å². The van der Waals surface area contributed by atoms with Gasteiger partial charge in [-0.15, -0.1) is 0 Å². The van der Waals surface area contributed by atoms with Gasteiger partial charge in [0.1, 0.15) is 12.2 Å². The molecular weight excluding hydrogens is 444 g/mol. The van der Waals surface area contributed by atoms with Crippen molar-refractivity contribution in [3.63, 3.8) is 0 Å². The quantitative estimate of drug-likeness (QED) is 0.255. The molecule has 0 amide bonds. The fourth-order valence-corrected chi connectivity index (χ4v) is 4.57. The molecule has 0 saturated carbocycles. The fourth-order valence-electron chi connectivity index (χ4n) is 4.57. The van der Waals surface area contributed by atoms with Crippen molar-refractivity contribution < 1.29 is 0 Å².